The predicted octanol–water partition coefficient (Wildman–Crippen LogP) is 2.71. The molecule has 3 rings (SSSR count). The molecule has 24 heavy (non-hydrogen) atoms. The number of ether oxygens (including phenoxy) is 1. The van der Waals surface area contributed by atoms with Crippen LogP contribution in [-0.4, -0.2) is 31.4 Å². The highest BCUT2D eigenvalue weighted by Gasteiger charge is 2.12. The fraction of sp³-hybridized carbons (Fsp3) is 0.0588. The molecule has 0 spiro atoms. The van der Waals surface area contributed by atoms with Gasteiger partial charge in [0.2, 0.25) is 0 Å². The molecule has 1 atom stereocenters. The number of carboxylic acid groups (broad SMARTS) is 1. The monoisotopic (exact) mass is 342 g/mol. The van der Waals surface area contributed by atoms with Gasteiger partial charge in [-0.2, -0.15) is 0 Å². The lowest BCUT2D eigenvalue weighted by atomic mass is 10.2. The Kier molecular flexibility index (Phi) is 4.43. The van der Waals surface area contributed by atoms with Crippen LogP contribution in [0.2, 0.25) is 0 Å². The number of rotatable bonds is 5. The van der Waals surface area contributed by atoms with E-state index in [2.05, 4.69) is 4.98 Å². The minimum Gasteiger partial charge on any atom is -0.497 e. The van der Waals surface area contributed by atoms with Gasteiger partial charge in [0.1, 0.15) is 5.75 Å². The van der Waals surface area contributed by atoms with E-state index in [-0.39, 0.29) is 0 Å². The zero-order chi connectivity index (χ0) is 17.1. The van der Waals surface area contributed by atoms with Gasteiger partial charge in [-0.3, -0.25) is 0 Å². The summed E-state index contributed by atoms with van der Waals surface area (Å²) in [5, 5.41) is 9.45. The molecule has 0 aliphatic rings. The van der Waals surface area contributed by atoms with Gasteiger partial charge >= 0.3 is 5.97 Å². The molecule has 1 unspecified atom stereocenters. The first-order chi connectivity index (χ1) is 11.6. The SMILES string of the molecule is COc1cccc(S(=O)n2ccc3cc(/C=C/C(=O)O)cnc32)c1. The molecular weight excluding hydrogens is 328 g/mol. The van der Waals surface area contributed by atoms with Gasteiger partial charge in [-0.05, 0) is 42.0 Å². The second kappa shape index (κ2) is 6.67. The molecule has 7 heteroatoms. The number of carboxylic acids is 1. The molecular formula is C17H14N2O4S. The number of carbonyl (C=O) groups is 1. The lowest BCUT2D eigenvalue weighted by molar-refractivity contribution is -0.131. The van der Waals surface area contributed by atoms with Gasteiger partial charge in [-0.15, -0.1) is 0 Å². The van der Waals surface area contributed by atoms with Crippen molar-refractivity contribution in [2.24, 2.45) is 0 Å². The van der Waals surface area contributed by atoms with E-state index >= 15 is 0 Å². The summed E-state index contributed by atoms with van der Waals surface area (Å²) in [6, 6.07) is 10.6. The van der Waals surface area contributed by atoms with Crippen LogP contribution in [0, 0.1) is 0 Å². The Morgan fingerprint density at radius 1 is 1.33 bits per heavy atom. The summed E-state index contributed by atoms with van der Waals surface area (Å²) in [4.78, 5) is 15.5. The molecule has 3 aromatic rings. The first-order valence-electron chi connectivity index (χ1n) is 7.03. The van der Waals surface area contributed by atoms with E-state index in [1.807, 2.05) is 0 Å². The van der Waals surface area contributed by atoms with Crippen molar-refractivity contribution in [2.45, 2.75) is 4.90 Å². The van der Waals surface area contributed by atoms with Crippen molar-refractivity contribution in [3.63, 3.8) is 0 Å². The largest absolute Gasteiger partial charge is 0.497 e. The van der Waals surface area contributed by atoms with Crippen LogP contribution in [0.15, 0.2) is 59.8 Å². The fourth-order valence-electron chi connectivity index (χ4n) is 2.23. The Balaban J connectivity index is 1.98. The Morgan fingerprint density at radius 3 is 2.92 bits per heavy atom. The van der Waals surface area contributed by atoms with E-state index in [4.69, 9.17) is 9.84 Å². The molecule has 0 amide bonds. The molecule has 0 aliphatic heterocycles. The second-order valence-electron chi connectivity index (χ2n) is 4.92. The number of hydrogen-bond acceptors (Lipinski definition) is 4. The minimum atomic E-state index is -1.46. The number of hydrogen-bond donors (Lipinski definition) is 1. The second-order valence-corrected chi connectivity index (χ2v) is 6.29. The van der Waals surface area contributed by atoms with Gasteiger partial charge in [0, 0.05) is 23.9 Å². The lowest BCUT2D eigenvalue weighted by Gasteiger charge is -2.06. The van der Waals surface area contributed by atoms with Crippen LogP contribution < -0.4 is 4.74 Å². The number of pyridine rings is 1. The quantitative estimate of drug-likeness (QED) is 0.721. The zero-order valence-corrected chi connectivity index (χ0v) is 13.6. The van der Waals surface area contributed by atoms with E-state index in [0.29, 0.717) is 21.9 Å². The minimum absolute atomic E-state index is 0.559. The van der Waals surface area contributed by atoms with Gasteiger partial charge in [-0.25, -0.2) is 18.0 Å². The van der Waals surface area contributed by atoms with Gasteiger partial charge in [0.05, 0.1) is 12.0 Å². The lowest BCUT2D eigenvalue weighted by Crippen LogP contribution is -2.04. The molecule has 6 nitrogen and oxygen atoms in total. The Labute approximate surface area is 140 Å². The summed E-state index contributed by atoms with van der Waals surface area (Å²) in [6.45, 7) is 0. The third-order valence-corrected chi connectivity index (χ3v) is 4.66. The molecule has 122 valence electrons. The van der Waals surface area contributed by atoms with Gasteiger partial charge in [0.25, 0.3) is 0 Å². The van der Waals surface area contributed by atoms with Crippen molar-refractivity contribution < 1.29 is 18.8 Å². The molecule has 0 saturated heterocycles. The van der Waals surface area contributed by atoms with E-state index < -0.39 is 17.0 Å². The molecule has 0 saturated carbocycles. The van der Waals surface area contributed by atoms with Crippen molar-refractivity contribution >= 4 is 34.1 Å². The first-order valence-corrected chi connectivity index (χ1v) is 8.13. The van der Waals surface area contributed by atoms with Crippen LogP contribution in [0.25, 0.3) is 17.1 Å². The van der Waals surface area contributed by atoms with Gasteiger partial charge < -0.3 is 9.84 Å². The molecule has 0 bridgehead atoms. The maximum Gasteiger partial charge on any atom is 0.328 e. The molecule has 1 N–H and O–H groups in total. The number of benzene rings is 1. The van der Waals surface area contributed by atoms with Gasteiger partial charge in [-0.1, -0.05) is 6.07 Å². The van der Waals surface area contributed by atoms with Crippen LogP contribution in [0.3, 0.4) is 0 Å². The smallest absolute Gasteiger partial charge is 0.328 e. The van der Waals surface area contributed by atoms with Crippen molar-refractivity contribution in [3.05, 3.63) is 60.4 Å². The van der Waals surface area contributed by atoms with E-state index in [1.54, 1.807) is 59.9 Å². The number of aliphatic carboxylic acids is 1. The van der Waals surface area contributed by atoms with E-state index in [0.717, 1.165) is 11.5 Å². The molecule has 2 heterocycles. The van der Waals surface area contributed by atoms with Crippen LogP contribution in [-0.2, 0) is 15.8 Å². The summed E-state index contributed by atoms with van der Waals surface area (Å²) in [5.41, 5.74) is 1.22. The molecule has 1 aromatic carbocycles. The summed E-state index contributed by atoms with van der Waals surface area (Å²) in [5.74, 6) is -0.391. The number of nitrogens with zero attached hydrogens (tertiary/aromatic N) is 2. The van der Waals surface area contributed by atoms with Crippen molar-refractivity contribution in [2.75, 3.05) is 7.11 Å². The van der Waals surface area contributed by atoms with Crippen molar-refractivity contribution in [1.82, 2.24) is 8.96 Å². The fourth-order valence-corrected chi connectivity index (χ4v) is 3.35. The van der Waals surface area contributed by atoms with Crippen LogP contribution in [0.5, 0.6) is 5.75 Å². The number of methoxy groups -OCH3 is 1. The molecule has 0 aliphatic carbocycles. The average Bonchev–Trinajstić information content (AvgIpc) is 3.02. The highest BCUT2D eigenvalue weighted by atomic mass is 32.2. The highest BCUT2D eigenvalue weighted by Crippen LogP contribution is 2.21. The normalized spacial score (nSPS) is 12.5. The number of fused-ring (bicyclic) bond motifs is 1. The van der Waals surface area contributed by atoms with E-state index in [1.165, 1.54) is 6.08 Å². The summed E-state index contributed by atoms with van der Waals surface area (Å²) >= 11 is 0. The standard InChI is InChI=1S/C17H14N2O4S/c1-23-14-3-2-4-15(10-14)24(22)19-8-7-13-9-12(5-6-16(20)21)11-18-17(13)19/h2-11H,1H3,(H,20,21)/b6-5+. The summed E-state index contributed by atoms with van der Waals surface area (Å²) in [6.07, 6.45) is 5.75. The summed E-state index contributed by atoms with van der Waals surface area (Å²) in [7, 11) is 0.0986. The van der Waals surface area contributed by atoms with Gasteiger partial charge in [0.15, 0.2) is 16.6 Å². The van der Waals surface area contributed by atoms with Crippen LogP contribution >= 0.6 is 0 Å². The number of aromatic nitrogens is 2. The van der Waals surface area contributed by atoms with Crippen molar-refractivity contribution in [3.8, 4) is 5.75 Å². The first kappa shape index (κ1) is 15.9. The maximum absolute atomic E-state index is 12.8. The topological polar surface area (TPSA) is 81.4 Å². The highest BCUT2D eigenvalue weighted by molar-refractivity contribution is 7.83. The Bertz CT molecular complexity index is 962. The van der Waals surface area contributed by atoms with Crippen LogP contribution in [0.1, 0.15) is 5.56 Å². The zero-order valence-electron chi connectivity index (χ0n) is 12.7. The molecule has 0 radical (unpaired) electrons. The predicted molar refractivity (Wildman–Crippen MR) is 91.2 cm³/mol. The summed E-state index contributed by atoms with van der Waals surface area (Å²) < 4.78 is 19.5. The van der Waals surface area contributed by atoms with E-state index in [9.17, 15) is 9.00 Å². The van der Waals surface area contributed by atoms with Crippen molar-refractivity contribution in [1.29, 1.82) is 0 Å². The third-order valence-electron chi connectivity index (χ3n) is 3.35. The maximum atomic E-state index is 12.8. The molecule has 2 aromatic heterocycles. The Hall–Kier alpha value is -2.93. The third kappa shape index (κ3) is 3.21. The molecule has 0 fully saturated rings. The average molecular weight is 342 g/mol. The van der Waals surface area contributed by atoms with Crippen LogP contribution in [0.4, 0.5) is 0 Å². The Morgan fingerprint density at radius 2 is 2.17 bits per heavy atom.